The van der Waals surface area contributed by atoms with Gasteiger partial charge in [0.2, 0.25) is 5.91 Å². The SMILES string of the molecule is COc1cc(NC(=O)Cn2nc(N3CCOCC3)ccc2=O)cc(OC)c1. The minimum absolute atomic E-state index is 0.198. The molecule has 1 fully saturated rings. The first kappa shape index (κ1) is 18.7. The highest BCUT2D eigenvalue weighted by atomic mass is 16.5. The molecule has 2 heterocycles. The van der Waals surface area contributed by atoms with Crippen molar-refractivity contribution in [1.82, 2.24) is 9.78 Å². The summed E-state index contributed by atoms with van der Waals surface area (Å²) in [5.74, 6) is 1.37. The molecule has 0 atom stereocenters. The Balaban J connectivity index is 1.73. The van der Waals surface area contributed by atoms with E-state index in [1.807, 2.05) is 4.90 Å². The second-order valence-electron chi connectivity index (χ2n) is 5.94. The Morgan fingerprint density at radius 2 is 1.81 bits per heavy atom. The van der Waals surface area contributed by atoms with E-state index in [4.69, 9.17) is 14.2 Å². The normalized spacial score (nSPS) is 13.9. The number of nitrogens with one attached hydrogen (secondary N) is 1. The van der Waals surface area contributed by atoms with Crippen LogP contribution in [0.2, 0.25) is 0 Å². The molecule has 0 saturated carbocycles. The number of carbonyl (C=O) groups is 1. The molecule has 0 radical (unpaired) electrons. The number of benzene rings is 1. The number of rotatable bonds is 6. The molecule has 1 aliphatic heterocycles. The third-order valence-electron chi connectivity index (χ3n) is 4.12. The van der Waals surface area contributed by atoms with Crippen LogP contribution in [0.25, 0.3) is 0 Å². The third-order valence-corrected chi connectivity index (χ3v) is 4.12. The zero-order valence-electron chi connectivity index (χ0n) is 15.3. The maximum Gasteiger partial charge on any atom is 0.267 e. The number of hydrogen-bond acceptors (Lipinski definition) is 7. The summed E-state index contributed by atoms with van der Waals surface area (Å²) in [6, 6.07) is 8.11. The predicted octanol–water partition coefficient (Wildman–Crippen LogP) is 0.736. The zero-order valence-corrected chi connectivity index (χ0v) is 15.3. The first-order chi connectivity index (χ1) is 13.1. The Morgan fingerprint density at radius 1 is 1.15 bits per heavy atom. The van der Waals surface area contributed by atoms with E-state index < -0.39 is 0 Å². The number of anilines is 2. The van der Waals surface area contributed by atoms with Gasteiger partial charge < -0.3 is 24.4 Å². The largest absolute Gasteiger partial charge is 0.497 e. The van der Waals surface area contributed by atoms with Crippen molar-refractivity contribution in [2.24, 2.45) is 0 Å². The van der Waals surface area contributed by atoms with Crippen LogP contribution < -0.4 is 25.2 Å². The summed E-state index contributed by atoms with van der Waals surface area (Å²) < 4.78 is 16.8. The molecule has 27 heavy (non-hydrogen) atoms. The van der Waals surface area contributed by atoms with Crippen molar-refractivity contribution < 1.29 is 19.0 Å². The summed E-state index contributed by atoms with van der Waals surface area (Å²) in [5, 5.41) is 7.04. The fourth-order valence-electron chi connectivity index (χ4n) is 2.73. The molecule has 1 aliphatic rings. The molecule has 1 aromatic carbocycles. The van der Waals surface area contributed by atoms with Crippen molar-refractivity contribution in [2.45, 2.75) is 6.54 Å². The van der Waals surface area contributed by atoms with Crippen molar-refractivity contribution in [3.05, 3.63) is 40.7 Å². The third kappa shape index (κ3) is 4.76. The number of amides is 1. The van der Waals surface area contributed by atoms with Gasteiger partial charge in [-0.1, -0.05) is 0 Å². The van der Waals surface area contributed by atoms with Gasteiger partial charge in [-0.3, -0.25) is 9.59 Å². The maximum atomic E-state index is 12.4. The minimum Gasteiger partial charge on any atom is -0.497 e. The average Bonchev–Trinajstić information content (AvgIpc) is 2.69. The van der Waals surface area contributed by atoms with Gasteiger partial charge in [0.05, 0.1) is 27.4 Å². The van der Waals surface area contributed by atoms with Gasteiger partial charge in [0.1, 0.15) is 23.9 Å². The second-order valence-corrected chi connectivity index (χ2v) is 5.94. The van der Waals surface area contributed by atoms with Gasteiger partial charge in [0.25, 0.3) is 5.56 Å². The first-order valence-corrected chi connectivity index (χ1v) is 8.53. The number of methoxy groups -OCH3 is 2. The van der Waals surface area contributed by atoms with Crippen LogP contribution in [-0.4, -0.2) is 56.2 Å². The summed E-state index contributed by atoms with van der Waals surface area (Å²) in [6.45, 7) is 2.41. The van der Waals surface area contributed by atoms with Gasteiger partial charge in [-0.25, -0.2) is 4.68 Å². The lowest BCUT2D eigenvalue weighted by Gasteiger charge is -2.27. The standard InChI is InChI=1S/C18H22N4O5/c1-25-14-9-13(10-15(11-14)26-2)19-17(23)12-22-18(24)4-3-16(20-22)21-5-7-27-8-6-21/h3-4,9-11H,5-8,12H2,1-2H3,(H,19,23). The highest BCUT2D eigenvalue weighted by Gasteiger charge is 2.15. The highest BCUT2D eigenvalue weighted by molar-refractivity contribution is 5.91. The molecule has 1 aromatic heterocycles. The van der Waals surface area contributed by atoms with Gasteiger partial charge in [-0.05, 0) is 6.07 Å². The van der Waals surface area contributed by atoms with E-state index in [9.17, 15) is 9.59 Å². The van der Waals surface area contributed by atoms with Crippen LogP contribution in [0.5, 0.6) is 11.5 Å². The molecule has 1 N–H and O–H groups in total. The molecule has 144 valence electrons. The second kappa shape index (κ2) is 8.54. The lowest BCUT2D eigenvalue weighted by Crippen LogP contribution is -2.38. The average molecular weight is 374 g/mol. The molecule has 1 saturated heterocycles. The van der Waals surface area contributed by atoms with Crippen molar-refractivity contribution in [2.75, 3.05) is 50.7 Å². The summed E-state index contributed by atoms with van der Waals surface area (Å²) in [4.78, 5) is 26.5. The highest BCUT2D eigenvalue weighted by Crippen LogP contribution is 2.25. The smallest absolute Gasteiger partial charge is 0.267 e. The van der Waals surface area contributed by atoms with E-state index in [1.54, 1.807) is 24.3 Å². The van der Waals surface area contributed by atoms with Gasteiger partial charge >= 0.3 is 0 Å². The predicted molar refractivity (Wildman–Crippen MR) is 99.7 cm³/mol. The van der Waals surface area contributed by atoms with Gasteiger partial charge in [-0.2, -0.15) is 5.10 Å². The first-order valence-electron chi connectivity index (χ1n) is 8.53. The molecular formula is C18H22N4O5. The summed E-state index contributed by atoms with van der Waals surface area (Å²) in [7, 11) is 3.06. The molecule has 0 unspecified atom stereocenters. The van der Waals surface area contributed by atoms with E-state index in [0.717, 1.165) is 4.68 Å². The minimum atomic E-state index is -0.376. The fraction of sp³-hybridized carbons (Fsp3) is 0.389. The van der Waals surface area contributed by atoms with E-state index >= 15 is 0 Å². The van der Waals surface area contributed by atoms with Crippen LogP contribution in [0.3, 0.4) is 0 Å². The summed E-state index contributed by atoms with van der Waals surface area (Å²) in [6.07, 6.45) is 0. The Labute approximate surface area is 156 Å². The number of carbonyl (C=O) groups excluding carboxylic acids is 1. The van der Waals surface area contributed by atoms with Gasteiger partial charge in [-0.15, -0.1) is 0 Å². The molecule has 2 aromatic rings. The van der Waals surface area contributed by atoms with Crippen molar-refractivity contribution in [3.8, 4) is 11.5 Å². The summed E-state index contributed by atoms with van der Waals surface area (Å²) >= 11 is 0. The zero-order chi connectivity index (χ0) is 19.2. The Morgan fingerprint density at radius 3 is 2.44 bits per heavy atom. The molecule has 1 amide bonds. The Hall–Kier alpha value is -3.07. The van der Waals surface area contributed by atoms with Crippen molar-refractivity contribution >= 4 is 17.4 Å². The van der Waals surface area contributed by atoms with E-state index in [-0.39, 0.29) is 18.0 Å². The molecule has 9 heteroatoms. The lowest BCUT2D eigenvalue weighted by atomic mass is 10.2. The number of aromatic nitrogens is 2. The quantitative estimate of drug-likeness (QED) is 0.797. The molecule has 0 spiro atoms. The fourth-order valence-corrected chi connectivity index (χ4v) is 2.73. The monoisotopic (exact) mass is 374 g/mol. The summed E-state index contributed by atoms with van der Waals surface area (Å²) in [5.41, 5.74) is 0.166. The van der Waals surface area contributed by atoms with E-state index in [1.165, 1.54) is 20.3 Å². The maximum absolute atomic E-state index is 12.4. The molecule has 0 bridgehead atoms. The van der Waals surface area contributed by atoms with Crippen molar-refractivity contribution in [3.63, 3.8) is 0 Å². The topological polar surface area (TPSA) is 94.9 Å². The van der Waals surface area contributed by atoms with Gasteiger partial charge in [0, 0.05) is 43.0 Å². The molecule has 3 rings (SSSR count). The number of ether oxygens (including phenoxy) is 3. The van der Waals surface area contributed by atoms with Crippen LogP contribution in [-0.2, 0) is 16.1 Å². The number of nitrogens with zero attached hydrogens (tertiary/aromatic N) is 3. The van der Waals surface area contributed by atoms with E-state index in [0.29, 0.717) is 49.3 Å². The molecular weight excluding hydrogens is 352 g/mol. The molecule has 0 aliphatic carbocycles. The lowest BCUT2D eigenvalue weighted by molar-refractivity contribution is -0.117. The Kier molecular flexibility index (Phi) is 5.92. The molecule has 9 nitrogen and oxygen atoms in total. The van der Waals surface area contributed by atoms with Crippen LogP contribution in [0.1, 0.15) is 0 Å². The number of hydrogen-bond donors (Lipinski definition) is 1. The van der Waals surface area contributed by atoms with Gasteiger partial charge in [0.15, 0.2) is 0 Å². The Bertz CT molecular complexity index is 839. The van der Waals surface area contributed by atoms with Crippen LogP contribution >= 0.6 is 0 Å². The number of morpholine rings is 1. The van der Waals surface area contributed by atoms with Crippen LogP contribution in [0, 0.1) is 0 Å². The van der Waals surface area contributed by atoms with E-state index in [2.05, 4.69) is 10.4 Å². The van der Waals surface area contributed by atoms with Crippen LogP contribution in [0.15, 0.2) is 35.1 Å². The van der Waals surface area contributed by atoms with Crippen molar-refractivity contribution in [1.29, 1.82) is 0 Å². The van der Waals surface area contributed by atoms with Crippen LogP contribution in [0.4, 0.5) is 11.5 Å².